The zero-order valence-corrected chi connectivity index (χ0v) is 17.1. The number of anilines is 1. The van der Waals surface area contributed by atoms with Gasteiger partial charge in [-0.3, -0.25) is 4.79 Å². The summed E-state index contributed by atoms with van der Waals surface area (Å²) in [5.74, 6) is 0.311. The van der Waals surface area contributed by atoms with E-state index in [0.717, 1.165) is 37.0 Å². The Morgan fingerprint density at radius 2 is 1.93 bits per heavy atom. The van der Waals surface area contributed by atoms with E-state index in [2.05, 4.69) is 10.3 Å². The van der Waals surface area contributed by atoms with E-state index < -0.39 is 5.82 Å². The molecule has 1 aromatic heterocycles. The topological polar surface area (TPSA) is 70.5 Å². The summed E-state index contributed by atoms with van der Waals surface area (Å²) >= 11 is 0. The van der Waals surface area contributed by atoms with E-state index >= 15 is 0 Å². The fourth-order valence-electron chi connectivity index (χ4n) is 3.70. The second kappa shape index (κ2) is 8.14. The number of carbonyl (C=O) groups excluding carboxylic acids is 2. The fraction of sp³-hybridized carbons (Fsp3) is 0.318. The highest BCUT2D eigenvalue weighted by Gasteiger charge is 2.21. The first-order valence-corrected chi connectivity index (χ1v) is 9.94. The molecular formula is C22H24FN5O2. The van der Waals surface area contributed by atoms with Crippen molar-refractivity contribution in [3.8, 4) is 0 Å². The third-order valence-corrected chi connectivity index (χ3v) is 5.41. The van der Waals surface area contributed by atoms with Crippen LogP contribution in [0.4, 0.5) is 14.9 Å². The van der Waals surface area contributed by atoms with Crippen molar-refractivity contribution in [2.75, 3.05) is 25.5 Å². The lowest BCUT2D eigenvalue weighted by Crippen LogP contribution is -2.31. The molecule has 8 heteroatoms. The highest BCUT2D eigenvalue weighted by molar-refractivity contribution is 5.97. The van der Waals surface area contributed by atoms with Gasteiger partial charge in [0.05, 0.1) is 17.6 Å². The van der Waals surface area contributed by atoms with Gasteiger partial charge in [0.1, 0.15) is 11.6 Å². The SMILES string of the molecule is CN(Cc1nc2cc(C(=O)N3CCCC3)ccc2n1C)C(=O)Nc1cccc(F)c1. The summed E-state index contributed by atoms with van der Waals surface area (Å²) < 4.78 is 15.2. The molecule has 1 N–H and O–H groups in total. The van der Waals surface area contributed by atoms with Crippen LogP contribution in [0.15, 0.2) is 42.5 Å². The molecule has 4 rings (SSSR count). The number of nitrogens with zero attached hydrogens (tertiary/aromatic N) is 4. The highest BCUT2D eigenvalue weighted by Crippen LogP contribution is 2.20. The maximum Gasteiger partial charge on any atom is 0.321 e. The number of benzene rings is 2. The Hall–Kier alpha value is -3.42. The van der Waals surface area contributed by atoms with Crippen molar-refractivity contribution in [2.45, 2.75) is 19.4 Å². The van der Waals surface area contributed by atoms with Crippen LogP contribution >= 0.6 is 0 Å². The van der Waals surface area contributed by atoms with Gasteiger partial charge in [-0.05, 0) is 49.2 Å². The van der Waals surface area contributed by atoms with Crippen LogP contribution in [0, 0.1) is 5.82 Å². The Morgan fingerprint density at radius 1 is 1.17 bits per heavy atom. The first kappa shape index (κ1) is 19.9. The number of fused-ring (bicyclic) bond motifs is 1. The molecule has 7 nitrogen and oxygen atoms in total. The molecule has 2 heterocycles. The van der Waals surface area contributed by atoms with Gasteiger partial charge in [-0.15, -0.1) is 0 Å². The number of imidazole rings is 1. The van der Waals surface area contributed by atoms with Gasteiger partial charge in [0.25, 0.3) is 5.91 Å². The summed E-state index contributed by atoms with van der Waals surface area (Å²) in [7, 11) is 3.53. The van der Waals surface area contributed by atoms with E-state index in [1.165, 1.54) is 23.1 Å². The lowest BCUT2D eigenvalue weighted by molar-refractivity contribution is 0.0793. The van der Waals surface area contributed by atoms with Gasteiger partial charge in [-0.1, -0.05) is 6.07 Å². The lowest BCUT2D eigenvalue weighted by Gasteiger charge is -2.17. The Balaban J connectivity index is 1.50. The summed E-state index contributed by atoms with van der Waals surface area (Å²) in [5, 5.41) is 2.67. The third-order valence-electron chi connectivity index (χ3n) is 5.41. The van der Waals surface area contributed by atoms with Crippen molar-refractivity contribution in [2.24, 2.45) is 7.05 Å². The molecule has 0 unspecified atom stereocenters. The second-order valence-corrected chi connectivity index (χ2v) is 7.59. The molecule has 0 atom stereocenters. The zero-order chi connectivity index (χ0) is 21.3. The Morgan fingerprint density at radius 3 is 2.67 bits per heavy atom. The van der Waals surface area contributed by atoms with Crippen LogP contribution in [0.2, 0.25) is 0 Å². The molecule has 1 saturated heterocycles. The van der Waals surface area contributed by atoms with Gasteiger partial charge in [0.2, 0.25) is 0 Å². The van der Waals surface area contributed by atoms with Crippen molar-refractivity contribution in [1.82, 2.24) is 19.4 Å². The van der Waals surface area contributed by atoms with E-state index in [1.807, 2.05) is 34.7 Å². The largest absolute Gasteiger partial charge is 0.339 e. The van der Waals surface area contributed by atoms with E-state index in [9.17, 15) is 14.0 Å². The Labute approximate surface area is 174 Å². The van der Waals surface area contributed by atoms with Gasteiger partial charge in [-0.25, -0.2) is 14.2 Å². The molecule has 0 aliphatic carbocycles. The number of halogens is 1. The van der Waals surface area contributed by atoms with Gasteiger partial charge in [0.15, 0.2) is 0 Å². The number of amides is 3. The van der Waals surface area contributed by atoms with Crippen LogP contribution in [-0.4, -0.2) is 51.4 Å². The molecule has 1 aliphatic heterocycles. The van der Waals surface area contributed by atoms with Crippen LogP contribution in [-0.2, 0) is 13.6 Å². The number of aryl methyl sites for hydroxylation is 1. The molecule has 0 radical (unpaired) electrons. The van der Waals surface area contributed by atoms with Crippen LogP contribution in [0.3, 0.4) is 0 Å². The minimum absolute atomic E-state index is 0.0354. The van der Waals surface area contributed by atoms with Gasteiger partial charge in [0, 0.05) is 38.4 Å². The molecular weight excluding hydrogens is 385 g/mol. The number of hydrogen-bond acceptors (Lipinski definition) is 3. The molecule has 1 aliphatic rings. The van der Waals surface area contributed by atoms with Crippen molar-refractivity contribution < 1.29 is 14.0 Å². The Bertz CT molecular complexity index is 1100. The van der Waals surface area contributed by atoms with Gasteiger partial charge in [-0.2, -0.15) is 0 Å². The van der Waals surface area contributed by atoms with E-state index in [1.54, 1.807) is 13.1 Å². The van der Waals surface area contributed by atoms with Crippen LogP contribution < -0.4 is 5.32 Å². The quantitative estimate of drug-likeness (QED) is 0.716. The summed E-state index contributed by atoms with van der Waals surface area (Å²) in [6, 6.07) is 10.9. The first-order valence-electron chi connectivity index (χ1n) is 9.94. The average Bonchev–Trinajstić information content (AvgIpc) is 3.36. The highest BCUT2D eigenvalue weighted by atomic mass is 19.1. The summed E-state index contributed by atoms with van der Waals surface area (Å²) in [5.41, 5.74) is 2.63. The molecule has 30 heavy (non-hydrogen) atoms. The molecule has 0 saturated carbocycles. The molecule has 1 fully saturated rings. The standard InChI is InChI=1S/C22H24FN5O2/c1-26(22(30)24-17-7-5-6-16(23)13-17)14-20-25-18-12-15(8-9-19(18)27(20)2)21(29)28-10-3-4-11-28/h5-9,12-13H,3-4,10-11,14H2,1-2H3,(H,24,30). The summed E-state index contributed by atoms with van der Waals surface area (Å²) in [4.78, 5) is 33.1. The smallest absolute Gasteiger partial charge is 0.321 e. The zero-order valence-electron chi connectivity index (χ0n) is 17.1. The number of hydrogen-bond donors (Lipinski definition) is 1. The second-order valence-electron chi connectivity index (χ2n) is 7.59. The normalized spacial score (nSPS) is 13.6. The number of likely N-dealkylation sites (tertiary alicyclic amines) is 1. The van der Waals surface area contributed by atoms with E-state index in [-0.39, 0.29) is 18.5 Å². The van der Waals surface area contributed by atoms with Crippen molar-refractivity contribution in [1.29, 1.82) is 0 Å². The molecule has 3 aromatic rings. The van der Waals surface area contributed by atoms with Crippen molar-refractivity contribution in [3.63, 3.8) is 0 Å². The molecule has 2 aromatic carbocycles. The molecule has 0 bridgehead atoms. The number of rotatable bonds is 4. The maximum absolute atomic E-state index is 13.3. The minimum Gasteiger partial charge on any atom is -0.339 e. The van der Waals surface area contributed by atoms with Crippen molar-refractivity contribution >= 4 is 28.7 Å². The molecule has 156 valence electrons. The first-order chi connectivity index (χ1) is 14.4. The molecule has 0 spiro atoms. The third kappa shape index (κ3) is 3.98. The number of nitrogens with one attached hydrogen (secondary N) is 1. The average molecular weight is 409 g/mol. The fourth-order valence-corrected chi connectivity index (χ4v) is 3.70. The van der Waals surface area contributed by atoms with Crippen molar-refractivity contribution in [3.05, 3.63) is 59.7 Å². The van der Waals surface area contributed by atoms with Crippen LogP contribution in [0.1, 0.15) is 29.0 Å². The van der Waals surface area contributed by atoms with E-state index in [0.29, 0.717) is 17.1 Å². The van der Waals surface area contributed by atoms with Crippen LogP contribution in [0.5, 0.6) is 0 Å². The van der Waals surface area contributed by atoms with Gasteiger partial charge < -0.3 is 19.7 Å². The van der Waals surface area contributed by atoms with Gasteiger partial charge >= 0.3 is 6.03 Å². The lowest BCUT2D eigenvalue weighted by atomic mass is 10.2. The number of urea groups is 1. The predicted molar refractivity (Wildman–Crippen MR) is 113 cm³/mol. The van der Waals surface area contributed by atoms with E-state index in [4.69, 9.17) is 0 Å². The predicted octanol–water partition coefficient (Wildman–Crippen LogP) is 3.61. The molecule has 3 amide bonds. The number of aromatic nitrogens is 2. The monoisotopic (exact) mass is 409 g/mol. The number of carbonyl (C=O) groups is 2. The Kier molecular flexibility index (Phi) is 5.39. The summed E-state index contributed by atoms with van der Waals surface area (Å²) in [6.45, 7) is 1.87. The summed E-state index contributed by atoms with van der Waals surface area (Å²) in [6.07, 6.45) is 2.09. The van der Waals surface area contributed by atoms with Crippen LogP contribution in [0.25, 0.3) is 11.0 Å². The minimum atomic E-state index is -0.412. The maximum atomic E-state index is 13.3.